The summed E-state index contributed by atoms with van der Waals surface area (Å²) in [5, 5.41) is 22.0. The molecular formula is C16H16N6O3. The highest BCUT2D eigenvalue weighted by atomic mass is 16.6. The van der Waals surface area contributed by atoms with E-state index < -0.39 is 10.8 Å². The van der Waals surface area contributed by atoms with Crippen LogP contribution in [0.4, 0.5) is 11.4 Å². The first-order chi connectivity index (χ1) is 12.0. The van der Waals surface area contributed by atoms with Crippen molar-refractivity contribution in [2.24, 2.45) is 0 Å². The molecule has 0 radical (unpaired) electrons. The molecule has 9 nitrogen and oxygen atoms in total. The third-order valence-corrected chi connectivity index (χ3v) is 3.71. The number of aromatic nitrogens is 3. The smallest absolute Gasteiger partial charge is 0.293 e. The van der Waals surface area contributed by atoms with Gasteiger partial charge in [0.05, 0.1) is 11.5 Å². The van der Waals surface area contributed by atoms with Crippen molar-refractivity contribution < 1.29 is 9.72 Å². The second kappa shape index (κ2) is 6.56. The van der Waals surface area contributed by atoms with Gasteiger partial charge in [-0.25, -0.2) is 0 Å². The molecule has 3 rings (SSSR count). The number of nitro groups is 1. The number of anilines is 1. The van der Waals surface area contributed by atoms with E-state index in [9.17, 15) is 14.9 Å². The van der Waals surface area contributed by atoms with Gasteiger partial charge in [-0.3, -0.25) is 19.3 Å². The summed E-state index contributed by atoms with van der Waals surface area (Å²) in [7, 11) is 3.41. The predicted octanol–water partition coefficient (Wildman–Crippen LogP) is 1.63. The average molecular weight is 340 g/mol. The Balaban J connectivity index is 1.79. The number of nitro benzene ring substituents is 1. The topological polar surface area (TPSA) is 106 Å². The number of carbonyl (C=O) groups is 1. The van der Waals surface area contributed by atoms with Crippen molar-refractivity contribution in [1.82, 2.24) is 19.9 Å². The van der Waals surface area contributed by atoms with E-state index in [-0.39, 0.29) is 17.8 Å². The highest BCUT2D eigenvalue weighted by molar-refractivity contribution is 5.95. The van der Waals surface area contributed by atoms with Crippen LogP contribution in [0.5, 0.6) is 0 Å². The molecule has 0 saturated heterocycles. The van der Waals surface area contributed by atoms with Crippen LogP contribution in [0.25, 0.3) is 5.65 Å². The van der Waals surface area contributed by atoms with Crippen molar-refractivity contribution in [3.05, 3.63) is 64.1 Å². The molecule has 2 heterocycles. The molecule has 0 fully saturated rings. The summed E-state index contributed by atoms with van der Waals surface area (Å²) in [5.74, 6) is 0.157. The number of amides is 1. The van der Waals surface area contributed by atoms with Gasteiger partial charge in [0.1, 0.15) is 5.69 Å². The molecule has 0 aliphatic carbocycles. The van der Waals surface area contributed by atoms with Crippen molar-refractivity contribution in [1.29, 1.82) is 0 Å². The monoisotopic (exact) mass is 340 g/mol. The molecule has 0 bridgehead atoms. The van der Waals surface area contributed by atoms with E-state index in [1.807, 2.05) is 18.2 Å². The molecule has 0 atom stereocenters. The summed E-state index contributed by atoms with van der Waals surface area (Å²) in [5.41, 5.74) is 1.21. The van der Waals surface area contributed by atoms with Crippen LogP contribution < -0.4 is 10.2 Å². The highest BCUT2D eigenvalue weighted by Gasteiger charge is 2.19. The zero-order valence-electron chi connectivity index (χ0n) is 13.7. The van der Waals surface area contributed by atoms with Gasteiger partial charge in [-0.1, -0.05) is 6.07 Å². The van der Waals surface area contributed by atoms with Gasteiger partial charge in [-0.05, 0) is 24.3 Å². The lowest BCUT2D eigenvalue weighted by Crippen LogP contribution is -2.24. The fraction of sp³-hybridized carbons (Fsp3) is 0.188. The van der Waals surface area contributed by atoms with E-state index in [2.05, 4.69) is 15.5 Å². The molecule has 3 aromatic rings. The minimum Gasteiger partial charge on any atom is -0.372 e. The van der Waals surface area contributed by atoms with Gasteiger partial charge < -0.3 is 10.2 Å². The Morgan fingerprint density at radius 1 is 1.28 bits per heavy atom. The third-order valence-electron chi connectivity index (χ3n) is 3.71. The molecule has 9 heteroatoms. The summed E-state index contributed by atoms with van der Waals surface area (Å²) >= 11 is 0. The number of hydrogen-bond acceptors (Lipinski definition) is 6. The van der Waals surface area contributed by atoms with Gasteiger partial charge in [-0.2, -0.15) is 0 Å². The van der Waals surface area contributed by atoms with E-state index in [0.29, 0.717) is 17.2 Å². The van der Waals surface area contributed by atoms with Crippen molar-refractivity contribution in [2.45, 2.75) is 6.54 Å². The van der Waals surface area contributed by atoms with Gasteiger partial charge in [0.15, 0.2) is 11.5 Å². The number of benzene rings is 1. The van der Waals surface area contributed by atoms with E-state index >= 15 is 0 Å². The molecule has 25 heavy (non-hydrogen) atoms. The van der Waals surface area contributed by atoms with Gasteiger partial charge in [0.2, 0.25) is 0 Å². The number of nitrogens with zero attached hydrogens (tertiary/aromatic N) is 5. The van der Waals surface area contributed by atoms with Crippen LogP contribution in [0.2, 0.25) is 0 Å². The van der Waals surface area contributed by atoms with E-state index in [4.69, 9.17) is 0 Å². The fourth-order valence-corrected chi connectivity index (χ4v) is 2.46. The normalized spacial score (nSPS) is 10.6. The standard InChI is InChI=1S/C16H16N6O3/c1-20(2)12-7-6-11(9-13(12)22(24)25)16(23)17-10-15-19-18-14-5-3-4-8-21(14)15/h3-9H,10H2,1-2H3,(H,17,23). The lowest BCUT2D eigenvalue weighted by atomic mass is 10.1. The molecule has 1 aromatic carbocycles. The average Bonchev–Trinajstić information content (AvgIpc) is 3.02. The molecule has 0 spiro atoms. The van der Waals surface area contributed by atoms with Gasteiger partial charge in [0.25, 0.3) is 11.6 Å². The number of fused-ring (bicyclic) bond motifs is 1. The summed E-state index contributed by atoms with van der Waals surface area (Å²) in [6.45, 7) is 0.160. The Kier molecular flexibility index (Phi) is 4.29. The Hall–Kier alpha value is -3.49. The van der Waals surface area contributed by atoms with Crippen LogP contribution in [0.3, 0.4) is 0 Å². The second-order valence-corrected chi connectivity index (χ2v) is 5.58. The van der Waals surface area contributed by atoms with Crippen LogP contribution in [-0.2, 0) is 6.54 Å². The van der Waals surface area contributed by atoms with E-state index in [1.165, 1.54) is 6.07 Å². The van der Waals surface area contributed by atoms with Crippen LogP contribution in [0.1, 0.15) is 16.2 Å². The molecule has 0 aliphatic rings. The quantitative estimate of drug-likeness (QED) is 0.559. The minimum atomic E-state index is -0.502. The Morgan fingerprint density at radius 3 is 2.80 bits per heavy atom. The van der Waals surface area contributed by atoms with Crippen LogP contribution in [0.15, 0.2) is 42.6 Å². The van der Waals surface area contributed by atoms with Crippen molar-refractivity contribution in [2.75, 3.05) is 19.0 Å². The van der Waals surface area contributed by atoms with Gasteiger partial charge >= 0.3 is 0 Å². The third kappa shape index (κ3) is 3.25. The highest BCUT2D eigenvalue weighted by Crippen LogP contribution is 2.27. The maximum atomic E-state index is 12.3. The molecule has 1 N–H and O–H groups in total. The van der Waals surface area contributed by atoms with Crippen molar-refractivity contribution in [3.63, 3.8) is 0 Å². The predicted molar refractivity (Wildman–Crippen MR) is 91.6 cm³/mol. The van der Waals surface area contributed by atoms with Crippen LogP contribution in [0, 0.1) is 10.1 Å². The zero-order valence-corrected chi connectivity index (χ0v) is 13.7. The maximum absolute atomic E-state index is 12.3. The maximum Gasteiger partial charge on any atom is 0.293 e. The molecular weight excluding hydrogens is 324 g/mol. The Morgan fingerprint density at radius 2 is 2.08 bits per heavy atom. The number of nitrogens with one attached hydrogen (secondary N) is 1. The lowest BCUT2D eigenvalue weighted by molar-refractivity contribution is -0.384. The zero-order chi connectivity index (χ0) is 18.0. The van der Waals surface area contributed by atoms with E-state index in [0.717, 1.165) is 0 Å². The fourth-order valence-electron chi connectivity index (χ4n) is 2.46. The number of rotatable bonds is 5. The molecule has 2 aromatic heterocycles. The SMILES string of the molecule is CN(C)c1ccc(C(=O)NCc2nnc3ccccn23)cc1[N+](=O)[O-]. The number of hydrogen-bond donors (Lipinski definition) is 1. The summed E-state index contributed by atoms with van der Waals surface area (Å²) in [4.78, 5) is 24.7. The summed E-state index contributed by atoms with van der Waals surface area (Å²) in [6.07, 6.45) is 1.80. The van der Waals surface area contributed by atoms with Crippen molar-refractivity contribution >= 4 is 22.9 Å². The summed E-state index contributed by atoms with van der Waals surface area (Å²) < 4.78 is 1.76. The first-order valence-corrected chi connectivity index (χ1v) is 7.50. The first-order valence-electron chi connectivity index (χ1n) is 7.50. The Labute approximate surface area is 143 Å². The van der Waals surface area contributed by atoms with Gasteiger partial charge in [0, 0.05) is 31.9 Å². The second-order valence-electron chi connectivity index (χ2n) is 5.58. The van der Waals surface area contributed by atoms with Crippen LogP contribution in [-0.4, -0.2) is 39.5 Å². The first kappa shape index (κ1) is 16.4. The van der Waals surface area contributed by atoms with Crippen molar-refractivity contribution in [3.8, 4) is 0 Å². The molecule has 0 unspecified atom stereocenters. The molecule has 0 aliphatic heterocycles. The number of pyridine rings is 1. The molecule has 128 valence electrons. The molecule has 1 amide bonds. The number of carbonyl (C=O) groups excluding carboxylic acids is 1. The lowest BCUT2D eigenvalue weighted by Gasteiger charge is -2.13. The molecule has 0 saturated carbocycles. The summed E-state index contributed by atoms with van der Waals surface area (Å²) in [6, 6.07) is 9.87. The minimum absolute atomic E-state index is 0.120. The Bertz CT molecular complexity index is 950. The van der Waals surface area contributed by atoms with E-state index in [1.54, 1.807) is 41.7 Å². The largest absolute Gasteiger partial charge is 0.372 e. The van der Waals surface area contributed by atoms with Gasteiger partial charge in [-0.15, -0.1) is 10.2 Å². The van der Waals surface area contributed by atoms with Crippen LogP contribution >= 0.6 is 0 Å².